The van der Waals surface area contributed by atoms with Crippen LogP contribution in [-0.4, -0.2) is 31.6 Å². The molecular weight excluding hydrogens is 124 g/mol. The van der Waals surface area contributed by atoms with Gasteiger partial charge in [-0.1, -0.05) is 13.8 Å². The molecule has 0 saturated carbocycles. The van der Waals surface area contributed by atoms with Gasteiger partial charge < -0.3 is 10.6 Å². The molecular formula is C8H20N2. The summed E-state index contributed by atoms with van der Waals surface area (Å²) in [5.41, 5.74) is 5.84. The molecule has 0 rings (SSSR count). The Balaban J connectivity index is 4.03. The van der Waals surface area contributed by atoms with E-state index in [1.54, 1.807) is 0 Å². The van der Waals surface area contributed by atoms with E-state index in [1.807, 2.05) is 0 Å². The van der Waals surface area contributed by atoms with Crippen molar-refractivity contribution in [2.45, 2.75) is 26.8 Å². The fourth-order valence-corrected chi connectivity index (χ4v) is 0.870. The Bertz CT molecular complexity index is 97.4. The molecule has 0 aromatic carbocycles. The van der Waals surface area contributed by atoms with Gasteiger partial charge in [-0.05, 0) is 33.0 Å². The predicted octanol–water partition coefficient (Wildman–Crippen LogP) is 0.921. The molecule has 0 amide bonds. The average molecular weight is 144 g/mol. The molecule has 1 atom stereocenters. The van der Waals surface area contributed by atoms with Crippen molar-refractivity contribution >= 4 is 0 Å². The Morgan fingerprint density at radius 1 is 1.40 bits per heavy atom. The lowest BCUT2D eigenvalue weighted by Gasteiger charge is -2.35. The quantitative estimate of drug-likeness (QED) is 0.638. The van der Waals surface area contributed by atoms with Crippen LogP contribution in [0.1, 0.15) is 20.8 Å². The zero-order valence-electron chi connectivity index (χ0n) is 7.81. The molecule has 0 aromatic heterocycles. The molecule has 0 spiro atoms. The maximum Gasteiger partial charge on any atom is 0.0124 e. The summed E-state index contributed by atoms with van der Waals surface area (Å²) in [5, 5.41) is 0. The molecule has 0 fully saturated rings. The van der Waals surface area contributed by atoms with E-state index in [4.69, 9.17) is 5.73 Å². The van der Waals surface area contributed by atoms with E-state index >= 15 is 0 Å². The molecule has 0 aromatic rings. The molecule has 0 saturated heterocycles. The summed E-state index contributed by atoms with van der Waals surface area (Å²) in [5.74, 6) is 0. The second-order valence-corrected chi connectivity index (χ2v) is 3.83. The highest BCUT2D eigenvalue weighted by molar-refractivity contribution is 4.80. The molecule has 1 unspecified atom stereocenters. The summed E-state index contributed by atoms with van der Waals surface area (Å²) in [6.07, 6.45) is 0. The topological polar surface area (TPSA) is 29.3 Å². The van der Waals surface area contributed by atoms with E-state index in [2.05, 4.69) is 39.8 Å². The van der Waals surface area contributed by atoms with Gasteiger partial charge in [-0.15, -0.1) is 0 Å². The Morgan fingerprint density at radius 3 is 1.90 bits per heavy atom. The minimum atomic E-state index is 0.226. The number of nitrogens with zero attached hydrogens (tertiary/aromatic N) is 1. The molecule has 0 radical (unpaired) electrons. The Labute approximate surface area is 64.4 Å². The first-order valence-electron chi connectivity index (χ1n) is 3.78. The van der Waals surface area contributed by atoms with Gasteiger partial charge in [0.25, 0.3) is 0 Å². The van der Waals surface area contributed by atoms with Gasteiger partial charge in [-0.2, -0.15) is 0 Å². The van der Waals surface area contributed by atoms with E-state index in [0.29, 0.717) is 6.04 Å². The molecule has 2 nitrogen and oxygen atoms in total. The van der Waals surface area contributed by atoms with Crippen LogP contribution in [0.2, 0.25) is 0 Å². The van der Waals surface area contributed by atoms with Gasteiger partial charge in [0.15, 0.2) is 0 Å². The summed E-state index contributed by atoms with van der Waals surface area (Å²) in [6, 6.07) is 0.539. The van der Waals surface area contributed by atoms with Gasteiger partial charge in [0.05, 0.1) is 0 Å². The van der Waals surface area contributed by atoms with E-state index < -0.39 is 0 Å². The van der Waals surface area contributed by atoms with Gasteiger partial charge >= 0.3 is 0 Å². The molecule has 0 heterocycles. The van der Waals surface area contributed by atoms with Crippen LogP contribution < -0.4 is 5.73 Å². The highest BCUT2D eigenvalue weighted by Gasteiger charge is 2.25. The lowest BCUT2D eigenvalue weighted by molar-refractivity contribution is 0.158. The van der Waals surface area contributed by atoms with Crippen molar-refractivity contribution in [1.29, 1.82) is 0 Å². The molecule has 62 valence electrons. The fourth-order valence-electron chi connectivity index (χ4n) is 0.870. The van der Waals surface area contributed by atoms with Crippen LogP contribution in [0, 0.1) is 5.41 Å². The maximum absolute atomic E-state index is 5.62. The fraction of sp³-hybridized carbons (Fsp3) is 1.00. The minimum absolute atomic E-state index is 0.226. The van der Waals surface area contributed by atoms with Gasteiger partial charge in [0.1, 0.15) is 0 Å². The lowest BCUT2D eigenvalue weighted by atomic mass is 9.85. The van der Waals surface area contributed by atoms with Crippen molar-refractivity contribution in [3.05, 3.63) is 0 Å². The highest BCUT2D eigenvalue weighted by Crippen LogP contribution is 2.21. The number of rotatable bonds is 3. The third-order valence-electron chi connectivity index (χ3n) is 2.43. The van der Waals surface area contributed by atoms with Crippen LogP contribution in [0.25, 0.3) is 0 Å². The van der Waals surface area contributed by atoms with Crippen LogP contribution in [-0.2, 0) is 0 Å². The standard InChI is InChI=1S/C8H20N2/c1-7(10(4)5)8(2,3)6-9/h7H,6,9H2,1-5H3. The van der Waals surface area contributed by atoms with Gasteiger partial charge in [0, 0.05) is 6.04 Å². The van der Waals surface area contributed by atoms with Crippen molar-refractivity contribution in [2.75, 3.05) is 20.6 Å². The van der Waals surface area contributed by atoms with Gasteiger partial charge in [-0.25, -0.2) is 0 Å². The van der Waals surface area contributed by atoms with Gasteiger partial charge in [0.2, 0.25) is 0 Å². The van der Waals surface area contributed by atoms with E-state index in [9.17, 15) is 0 Å². The van der Waals surface area contributed by atoms with Crippen LogP contribution in [0.3, 0.4) is 0 Å². The summed E-state index contributed by atoms with van der Waals surface area (Å²) in [4.78, 5) is 2.20. The molecule has 0 aliphatic rings. The predicted molar refractivity (Wildman–Crippen MR) is 46.0 cm³/mol. The second kappa shape index (κ2) is 3.35. The van der Waals surface area contributed by atoms with Crippen molar-refractivity contribution in [1.82, 2.24) is 4.90 Å². The maximum atomic E-state index is 5.62. The van der Waals surface area contributed by atoms with Crippen molar-refractivity contribution in [2.24, 2.45) is 11.1 Å². The Hall–Kier alpha value is -0.0800. The second-order valence-electron chi connectivity index (χ2n) is 3.83. The Morgan fingerprint density at radius 2 is 1.80 bits per heavy atom. The lowest BCUT2D eigenvalue weighted by Crippen LogP contribution is -2.43. The van der Waals surface area contributed by atoms with E-state index in [-0.39, 0.29) is 5.41 Å². The summed E-state index contributed by atoms with van der Waals surface area (Å²) >= 11 is 0. The highest BCUT2D eigenvalue weighted by atomic mass is 15.1. The van der Waals surface area contributed by atoms with Crippen molar-refractivity contribution in [3.8, 4) is 0 Å². The molecule has 0 aliphatic heterocycles. The smallest absolute Gasteiger partial charge is 0.0124 e. The normalized spacial score (nSPS) is 15.9. The summed E-state index contributed by atoms with van der Waals surface area (Å²) in [6.45, 7) is 7.33. The van der Waals surface area contributed by atoms with Gasteiger partial charge in [-0.3, -0.25) is 0 Å². The average Bonchev–Trinajstić information content (AvgIpc) is 1.86. The summed E-state index contributed by atoms with van der Waals surface area (Å²) < 4.78 is 0. The first kappa shape index (κ1) is 9.92. The zero-order valence-corrected chi connectivity index (χ0v) is 7.81. The van der Waals surface area contributed by atoms with Crippen LogP contribution in [0.4, 0.5) is 0 Å². The number of hydrogen-bond donors (Lipinski definition) is 1. The zero-order chi connectivity index (χ0) is 8.36. The Kier molecular flexibility index (Phi) is 3.33. The van der Waals surface area contributed by atoms with Crippen molar-refractivity contribution < 1.29 is 0 Å². The molecule has 0 bridgehead atoms. The van der Waals surface area contributed by atoms with Crippen LogP contribution in [0.5, 0.6) is 0 Å². The SMILES string of the molecule is CC(N(C)C)C(C)(C)CN. The third-order valence-corrected chi connectivity index (χ3v) is 2.43. The molecule has 2 N–H and O–H groups in total. The van der Waals surface area contributed by atoms with Crippen LogP contribution in [0.15, 0.2) is 0 Å². The van der Waals surface area contributed by atoms with E-state index in [0.717, 1.165) is 6.54 Å². The molecule has 10 heavy (non-hydrogen) atoms. The van der Waals surface area contributed by atoms with Crippen molar-refractivity contribution in [3.63, 3.8) is 0 Å². The molecule has 2 heteroatoms. The first-order chi connectivity index (χ1) is 4.41. The largest absolute Gasteiger partial charge is 0.330 e. The minimum Gasteiger partial charge on any atom is -0.330 e. The van der Waals surface area contributed by atoms with Crippen LogP contribution >= 0.6 is 0 Å². The monoisotopic (exact) mass is 144 g/mol. The number of hydrogen-bond acceptors (Lipinski definition) is 2. The number of nitrogens with two attached hydrogens (primary N) is 1. The van der Waals surface area contributed by atoms with E-state index in [1.165, 1.54) is 0 Å². The first-order valence-corrected chi connectivity index (χ1v) is 3.78. The molecule has 0 aliphatic carbocycles. The third kappa shape index (κ3) is 2.27. The summed E-state index contributed by atoms with van der Waals surface area (Å²) in [7, 11) is 4.17.